The van der Waals surface area contributed by atoms with Crippen LogP contribution >= 0.6 is 23.8 Å². The summed E-state index contributed by atoms with van der Waals surface area (Å²) in [5.74, 6) is 0. The molecule has 0 unspecified atom stereocenters. The number of hydrogen-bond donors (Lipinski definition) is 2. The van der Waals surface area contributed by atoms with Gasteiger partial charge < -0.3 is 15.5 Å². The van der Waals surface area contributed by atoms with E-state index in [-0.39, 0.29) is 27.8 Å². The maximum Gasteiger partial charge on any atom is 0.416 e. The molecule has 174 valence electrons. The number of hydrogen-bond acceptors (Lipinski definition) is 2. The number of halogens is 4. The van der Waals surface area contributed by atoms with Crippen LogP contribution in [0.3, 0.4) is 0 Å². The fourth-order valence-corrected chi connectivity index (χ4v) is 5.11. The summed E-state index contributed by atoms with van der Waals surface area (Å²) in [6, 6.07) is 13.2. The topological polar surface area (TPSA) is 27.3 Å². The van der Waals surface area contributed by atoms with Crippen molar-refractivity contribution < 1.29 is 13.2 Å². The van der Waals surface area contributed by atoms with E-state index in [1.54, 1.807) is 0 Å². The summed E-state index contributed by atoms with van der Waals surface area (Å²) in [5, 5.41) is 7.21. The van der Waals surface area contributed by atoms with E-state index in [1.165, 1.54) is 6.07 Å². The van der Waals surface area contributed by atoms with Gasteiger partial charge in [0.2, 0.25) is 0 Å². The van der Waals surface area contributed by atoms with Gasteiger partial charge in [0, 0.05) is 23.7 Å². The van der Waals surface area contributed by atoms with Gasteiger partial charge in [0.1, 0.15) is 0 Å². The first-order valence-electron chi connectivity index (χ1n) is 10.5. The minimum Gasteiger partial charge on any atom is -0.342 e. The summed E-state index contributed by atoms with van der Waals surface area (Å²) in [6.45, 7) is 9.16. The van der Waals surface area contributed by atoms with Crippen LogP contribution in [0.1, 0.15) is 51.7 Å². The summed E-state index contributed by atoms with van der Waals surface area (Å²) in [5.41, 5.74) is 0.208. The number of nitrogens with zero attached hydrogens (tertiary/aromatic N) is 1. The lowest BCUT2D eigenvalue weighted by Gasteiger charge is -2.50. The van der Waals surface area contributed by atoms with E-state index in [4.69, 9.17) is 23.8 Å². The summed E-state index contributed by atoms with van der Waals surface area (Å²) in [6.07, 6.45) is -2.79. The molecule has 1 fully saturated rings. The van der Waals surface area contributed by atoms with Gasteiger partial charge in [0.25, 0.3) is 0 Å². The van der Waals surface area contributed by atoms with E-state index in [0.717, 1.165) is 30.5 Å². The second-order valence-electron chi connectivity index (χ2n) is 9.69. The molecular formula is C24H29ClF3N3S. The van der Waals surface area contributed by atoms with E-state index < -0.39 is 11.7 Å². The second-order valence-corrected chi connectivity index (χ2v) is 10.5. The van der Waals surface area contributed by atoms with E-state index in [1.807, 2.05) is 30.3 Å². The van der Waals surface area contributed by atoms with E-state index in [9.17, 15) is 13.2 Å². The molecule has 0 spiro atoms. The predicted octanol–water partition coefficient (Wildman–Crippen LogP) is 6.87. The first-order chi connectivity index (χ1) is 14.8. The molecule has 1 aliphatic heterocycles. The Morgan fingerprint density at radius 2 is 1.69 bits per heavy atom. The average Bonchev–Trinajstić information content (AvgIpc) is 2.65. The molecule has 0 radical (unpaired) electrons. The maximum absolute atomic E-state index is 13.2. The van der Waals surface area contributed by atoms with Crippen molar-refractivity contribution in [3.8, 4) is 0 Å². The van der Waals surface area contributed by atoms with Crippen molar-refractivity contribution in [1.82, 2.24) is 10.2 Å². The summed E-state index contributed by atoms with van der Waals surface area (Å²) < 4.78 is 39.7. The van der Waals surface area contributed by atoms with Crippen LogP contribution in [0, 0.1) is 0 Å². The highest BCUT2D eigenvalue weighted by molar-refractivity contribution is 7.80. The van der Waals surface area contributed by atoms with E-state index in [0.29, 0.717) is 11.7 Å². The molecule has 0 amide bonds. The minimum absolute atomic E-state index is 0.0889. The van der Waals surface area contributed by atoms with Crippen molar-refractivity contribution in [2.75, 3.05) is 5.32 Å². The van der Waals surface area contributed by atoms with Crippen LogP contribution in [0.4, 0.5) is 18.9 Å². The number of rotatable bonds is 4. The number of thiocarbonyl (C=S) groups is 1. The molecule has 2 aromatic rings. The molecule has 0 bridgehead atoms. The number of nitrogens with one attached hydrogen (secondary N) is 2. The Morgan fingerprint density at radius 3 is 2.25 bits per heavy atom. The fraction of sp³-hybridized carbons (Fsp3) is 0.458. The molecule has 1 saturated heterocycles. The van der Waals surface area contributed by atoms with Gasteiger partial charge >= 0.3 is 6.18 Å². The zero-order chi connectivity index (χ0) is 23.7. The van der Waals surface area contributed by atoms with Crippen molar-refractivity contribution in [2.45, 2.75) is 70.4 Å². The van der Waals surface area contributed by atoms with Crippen LogP contribution < -0.4 is 10.6 Å². The number of piperidine rings is 1. The Morgan fingerprint density at radius 1 is 1.09 bits per heavy atom. The van der Waals surface area contributed by atoms with Gasteiger partial charge in [-0.15, -0.1) is 0 Å². The van der Waals surface area contributed by atoms with E-state index in [2.05, 4.69) is 43.2 Å². The Kier molecular flexibility index (Phi) is 7.13. The minimum atomic E-state index is -4.46. The molecule has 8 heteroatoms. The van der Waals surface area contributed by atoms with Crippen molar-refractivity contribution in [3.63, 3.8) is 0 Å². The predicted molar refractivity (Wildman–Crippen MR) is 129 cm³/mol. The molecule has 3 rings (SSSR count). The highest BCUT2D eigenvalue weighted by Crippen LogP contribution is 2.35. The standard InChI is InChI=1S/C24H29ClF3N3S/c1-22(2)13-18(14-23(3,4)30-22)31(15-16-8-6-5-7-9-16)21(32)29-20-12-17(24(26,27)28)10-11-19(20)25/h5-12,18,30H,13-15H2,1-4H3,(H,29,32). The Labute approximate surface area is 198 Å². The molecular weight excluding hydrogens is 455 g/mol. The van der Waals surface area contributed by atoms with Crippen molar-refractivity contribution in [3.05, 3.63) is 64.7 Å². The van der Waals surface area contributed by atoms with Crippen molar-refractivity contribution >= 4 is 34.6 Å². The Balaban J connectivity index is 1.92. The molecule has 0 saturated carbocycles. The average molecular weight is 484 g/mol. The summed E-state index contributed by atoms with van der Waals surface area (Å²) >= 11 is 12.0. The molecule has 0 aliphatic carbocycles. The number of alkyl halides is 3. The molecule has 0 aromatic heterocycles. The zero-order valence-corrected chi connectivity index (χ0v) is 20.3. The zero-order valence-electron chi connectivity index (χ0n) is 18.7. The molecule has 1 heterocycles. The van der Waals surface area contributed by atoms with Crippen molar-refractivity contribution in [2.24, 2.45) is 0 Å². The molecule has 1 aliphatic rings. The number of benzene rings is 2. The first kappa shape index (κ1) is 24.8. The smallest absolute Gasteiger partial charge is 0.342 e. The van der Waals surface area contributed by atoms with Crippen LogP contribution in [-0.2, 0) is 12.7 Å². The third-order valence-corrected chi connectivity index (χ3v) is 6.27. The van der Waals surface area contributed by atoms with Crippen LogP contribution in [0.5, 0.6) is 0 Å². The summed E-state index contributed by atoms with van der Waals surface area (Å²) in [7, 11) is 0. The Bertz CT molecular complexity index is 945. The van der Waals surface area contributed by atoms with Gasteiger partial charge in [-0.1, -0.05) is 41.9 Å². The monoisotopic (exact) mass is 483 g/mol. The number of anilines is 1. The van der Waals surface area contributed by atoms with E-state index >= 15 is 0 Å². The lowest BCUT2D eigenvalue weighted by atomic mass is 9.79. The van der Waals surface area contributed by atoms with Gasteiger partial charge in [0.15, 0.2) is 5.11 Å². The quantitative estimate of drug-likeness (QED) is 0.464. The largest absolute Gasteiger partial charge is 0.416 e. The lowest BCUT2D eigenvalue weighted by molar-refractivity contribution is -0.137. The fourth-order valence-electron chi connectivity index (χ4n) is 4.62. The second kappa shape index (κ2) is 9.20. The van der Waals surface area contributed by atoms with Crippen LogP contribution in [0.25, 0.3) is 0 Å². The van der Waals surface area contributed by atoms with Gasteiger partial charge in [-0.05, 0) is 76.5 Å². The third kappa shape index (κ3) is 6.36. The SMILES string of the molecule is CC1(C)CC(N(Cc2ccccc2)C(=S)Nc2cc(C(F)(F)F)ccc2Cl)CC(C)(C)N1. The molecule has 0 atom stereocenters. The molecule has 32 heavy (non-hydrogen) atoms. The van der Waals surface area contributed by atoms with Crippen LogP contribution in [0.15, 0.2) is 48.5 Å². The van der Waals surface area contributed by atoms with Crippen molar-refractivity contribution in [1.29, 1.82) is 0 Å². The molecule has 2 N–H and O–H groups in total. The molecule has 3 nitrogen and oxygen atoms in total. The highest BCUT2D eigenvalue weighted by Gasteiger charge is 2.40. The highest BCUT2D eigenvalue weighted by atomic mass is 35.5. The lowest BCUT2D eigenvalue weighted by Crippen LogP contribution is -2.63. The normalized spacial score (nSPS) is 18.2. The third-order valence-electron chi connectivity index (χ3n) is 5.60. The first-order valence-corrected chi connectivity index (χ1v) is 11.3. The van der Waals surface area contributed by atoms with Crippen LogP contribution in [-0.4, -0.2) is 27.1 Å². The van der Waals surface area contributed by atoms with Gasteiger partial charge in [-0.2, -0.15) is 13.2 Å². The molecule has 2 aromatic carbocycles. The van der Waals surface area contributed by atoms with Gasteiger partial charge in [-0.25, -0.2) is 0 Å². The maximum atomic E-state index is 13.2. The summed E-state index contributed by atoms with van der Waals surface area (Å²) in [4.78, 5) is 2.07. The van der Waals surface area contributed by atoms with Gasteiger partial charge in [0.05, 0.1) is 16.3 Å². The van der Waals surface area contributed by atoms with Crippen LogP contribution in [0.2, 0.25) is 5.02 Å². The Hall–Kier alpha value is -1.83. The van der Waals surface area contributed by atoms with Gasteiger partial charge in [-0.3, -0.25) is 0 Å².